The monoisotopic (exact) mass is 439 g/mol. The van der Waals surface area contributed by atoms with Crippen LogP contribution in [0.3, 0.4) is 0 Å². The van der Waals surface area contributed by atoms with Gasteiger partial charge in [-0.05, 0) is 83.4 Å². The van der Waals surface area contributed by atoms with Crippen molar-refractivity contribution in [2.75, 3.05) is 0 Å². The minimum atomic E-state index is 0.0670. The van der Waals surface area contributed by atoms with Crippen molar-refractivity contribution in [2.45, 2.75) is 44.9 Å². The number of fused-ring (bicyclic) bond motifs is 5. The number of hydrogen-bond acceptors (Lipinski definition) is 0. The maximum Gasteiger partial charge on any atom is 0.0541 e. The summed E-state index contributed by atoms with van der Waals surface area (Å²) < 4.78 is 2.44. The predicted molar refractivity (Wildman–Crippen MR) is 146 cm³/mol. The van der Waals surface area contributed by atoms with Gasteiger partial charge in [-0.3, -0.25) is 0 Å². The molecule has 1 heterocycles. The number of hydrogen-bond donors (Lipinski definition) is 0. The quantitative estimate of drug-likeness (QED) is 0.294. The first-order valence-corrected chi connectivity index (χ1v) is 12.6. The molecule has 1 heteroatoms. The average molecular weight is 440 g/mol. The molecule has 0 saturated carbocycles. The number of allylic oxidation sites excluding steroid dienone is 8. The number of nitrogens with zero attached hydrogens (tertiary/aromatic N) is 1. The fraction of sp³-hybridized carbons (Fsp3) is 0.212. The van der Waals surface area contributed by atoms with Crippen LogP contribution in [0, 0.1) is 0 Å². The molecule has 3 aromatic carbocycles. The van der Waals surface area contributed by atoms with Gasteiger partial charge in [-0.15, -0.1) is 0 Å². The summed E-state index contributed by atoms with van der Waals surface area (Å²) in [7, 11) is 0. The molecule has 0 aliphatic heterocycles. The third-order valence-corrected chi connectivity index (χ3v) is 8.16. The summed E-state index contributed by atoms with van der Waals surface area (Å²) in [5.41, 5.74) is 12.8. The smallest absolute Gasteiger partial charge is 0.0541 e. The molecule has 3 aliphatic carbocycles. The van der Waals surface area contributed by atoms with Crippen molar-refractivity contribution in [3.8, 4) is 0 Å². The Kier molecular flexibility index (Phi) is 4.21. The molecule has 0 N–H and O–H groups in total. The Morgan fingerprint density at radius 3 is 2.50 bits per heavy atom. The van der Waals surface area contributed by atoms with Gasteiger partial charge in [0.15, 0.2) is 0 Å². The summed E-state index contributed by atoms with van der Waals surface area (Å²) in [5, 5.41) is 2.69. The van der Waals surface area contributed by atoms with E-state index in [1.807, 2.05) is 0 Å². The largest absolute Gasteiger partial charge is 0.310 e. The third-order valence-electron chi connectivity index (χ3n) is 8.16. The van der Waals surface area contributed by atoms with Crippen molar-refractivity contribution in [3.05, 3.63) is 113 Å². The van der Waals surface area contributed by atoms with Crippen LogP contribution in [0.4, 0.5) is 0 Å². The Bertz CT molecular complexity index is 1610. The highest BCUT2D eigenvalue weighted by Crippen LogP contribution is 2.52. The van der Waals surface area contributed by atoms with Gasteiger partial charge in [-0.1, -0.05) is 80.6 Å². The molecule has 3 aliphatic rings. The van der Waals surface area contributed by atoms with E-state index in [0.717, 1.165) is 25.7 Å². The third kappa shape index (κ3) is 2.73. The maximum absolute atomic E-state index is 2.51. The lowest BCUT2D eigenvalue weighted by Gasteiger charge is -2.26. The Balaban J connectivity index is 1.39. The summed E-state index contributed by atoms with van der Waals surface area (Å²) in [6.45, 7) is 4.77. The Morgan fingerprint density at radius 1 is 0.794 bits per heavy atom. The SMILES string of the molecule is CC1(C)C2=C(CCC(c3ccc4c(c3)c3ccccc3n4C3=CCCC=C3)=C2)c2ccccc21. The molecule has 0 unspecified atom stereocenters. The van der Waals surface area contributed by atoms with E-state index < -0.39 is 0 Å². The molecule has 7 rings (SSSR count). The topological polar surface area (TPSA) is 4.93 Å². The zero-order chi connectivity index (χ0) is 22.9. The van der Waals surface area contributed by atoms with Gasteiger partial charge in [-0.2, -0.15) is 0 Å². The molecule has 0 radical (unpaired) electrons. The van der Waals surface area contributed by atoms with Crippen LogP contribution in [-0.2, 0) is 5.41 Å². The van der Waals surface area contributed by atoms with Crippen LogP contribution in [0.1, 0.15) is 56.2 Å². The molecule has 0 spiro atoms. The highest BCUT2D eigenvalue weighted by atomic mass is 15.0. The standard InChI is InChI=1S/C33H29N/c1-33(2)29-14-8-6-12-25(29)26-18-16-23(21-30(26)33)22-17-19-32-28(20-22)27-13-7-9-15-31(27)34(32)24-10-4-3-5-11-24/h4,6-15,17,19-21H,3,5,16,18H2,1-2H3. The van der Waals surface area contributed by atoms with E-state index >= 15 is 0 Å². The van der Waals surface area contributed by atoms with Gasteiger partial charge in [0.2, 0.25) is 0 Å². The highest BCUT2D eigenvalue weighted by molar-refractivity contribution is 6.11. The molecule has 34 heavy (non-hydrogen) atoms. The van der Waals surface area contributed by atoms with Crippen molar-refractivity contribution in [1.29, 1.82) is 0 Å². The number of benzene rings is 3. The van der Waals surface area contributed by atoms with Crippen LogP contribution in [0.15, 0.2) is 96.6 Å². The van der Waals surface area contributed by atoms with E-state index in [2.05, 4.69) is 109 Å². The molecular weight excluding hydrogens is 410 g/mol. The molecular formula is C33H29N. The first-order chi connectivity index (χ1) is 16.6. The number of rotatable bonds is 2. The van der Waals surface area contributed by atoms with E-state index in [9.17, 15) is 0 Å². The van der Waals surface area contributed by atoms with Crippen molar-refractivity contribution >= 4 is 38.6 Å². The summed E-state index contributed by atoms with van der Waals surface area (Å²) in [6, 6.07) is 25.0. The zero-order valence-corrected chi connectivity index (χ0v) is 19.9. The lowest BCUT2D eigenvalue weighted by atomic mass is 9.78. The van der Waals surface area contributed by atoms with E-state index in [4.69, 9.17) is 0 Å². The van der Waals surface area contributed by atoms with E-state index in [1.54, 1.807) is 5.57 Å². The van der Waals surface area contributed by atoms with Crippen molar-refractivity contribution in [2.24, 2.45) is 0 Å². The minimum Gasteiger partial charge on any atom is -0.310 e. The van der Waals surface area contributed by atoms with Gasteiger partial charge >= 0.3 is 0 Å². The summed E-state index contributed by atoms with van der Waals surface area (Å²) in [4.78, 5) is 0. The van der Waals surface area contributed by atoms with Gasteiger partial charge < -0.3 is 4.57 Å². The lowest BCUT2D eigenvalue weighted by molar-refractivity contribution is 0.652. The van der Waals surface area contributed by atoms with Crippen LogP contribution in [0.25, 0.3) is 38.6 Å². The van der Waals surface area contributed by atoms with E-state index in [0.29, 0.717) is 0 Å². The molecule has 0 atom stereocenters. The van der Waals surface area contributed by atoms with E-state index in [1.165, 1.54) is 55.3 Å². The van der Waals surface area contributed by atoms with Gasteiger partial charge in [0.05, 0.1) is 11.0 Å². The van der Waals surface area contributed by atoms with Crippen LogP contribution in [-0.4, -0.2) is 4.57 Å². The van der Waals surface area contributed by atoms with Gasteiger partial charge in [0, 0.05) is 21.9 Å². The zero-order valence-electron chi connectivity index (χ0n) is 19.9. The second-order valence-electron chi connectivity index (χ2n) is 10.4. The first-order valence-electron chi connectivity index (χ1n) is 12.6. The number of aromatic nitrogens is 1. The normalized spacial score (nSPS) is 18.8. The van der Waals surface area contributed by atoms with Crippen LogP contribution in [0.2, 0.25) is 0 Å². The molecule has 0 amide bonds. The molecule has 1 aromatic heterocycles. The maximum atomic E-state index is 2.51. The molecule has 0 bridgehead atoms. The molecule has 0 fully saturated rings. The predicted octanol–water partition coefficient (Wildman–Crippen LogP) is 8.91. The second-order valence-corrected chi connectivity index (χ2v) is 10.4. The summed E-state index contributed by atoms with van der Waals surface area (Å²) in [5.74, 6) is 0. The van der Waals surface area contributed by atoms with Crippen molar-refractivity contribution in [1.82, 2.24) is 4.57 Å². The number of para-hydroxylation sites is 1. The summed E-state index contributed by atoms with van der Waals surface area (Å²) in [6.07, 6.45) is 13.9. The Morgan fingerprint density at radius 2 is 1.62 bits per heavy atom. The first kappa shape index (κ1) is 19.9. The lowest BCUT2D eigenvalue weighted by Crippen LogP contribution is -2.17. The molecule has 4 aromatic rings. The molecule has 0 saturated heterocycles. The minimum absolute atomic E-state index is 0.0670. The van der Waals surface area contributed by atoms with Gasteiger partial charge in [0.25, 0.3) is 0 Å². The van der Waals surface area contributed by atoms with Gasteiger partial charge in [-0.25, -0.2) is 0 Å². The fourth-order valence-electron chi connectivity index (χ4n) is 6.45. The Hall–Kier alpha value is -3.58. The molecule has 166 valence electrons. The van der Waals surface area contributed by atoms with Crippen LogP contribution >= 0.6 is 0 Å². The highest BCUT2D eigenvalue weighted by Gasteiger charge is 2.37. The van der Waals surface area contributed by atoms with Gasteiger partial charge in [0.1, 0.15) is 0 Å². The fourth-order valence-corrected chi connectivity index (χ4v) is 6.45. The van der Waals surface area contributed by atoms with E-state index in [-0.39, 0.29) is 5.41 Å². The van der Waals surface area contributed by atoms with Crippen LogP contribution < -0.4 is 0 Å². The Labute approximate surface area is 201 Å². The van der Waals surface area contributed by atoms with Crippen molar-refractivity contribution < 1.29 is 0 Å². The van der Waals surface area contributed by atoms with Crippen LogP contribution in [0.5, 0.6) is 0 Å². The molecule has 1 nitrogen and oxygen atoms in total. The summed E-state index contributed by atoms with van der Waals surface area (Å²) >= 11 is 0. The second kappa shape index (κ2) is 7.21. The van der Waals surface area contributed by atoms with Crippen molar-refractivity contribution in [3.63, 3.8) is 0 Å². The average Bonchev–Trinajstić information content (AvgIpc) is 3.33.